The highest BCUT2D eigenvalue weighted by atomic mass is 16.5. The smallest absolute Gasteiger partial charge is 0.153 e. The molecule has 1 aromatic heterocycles. The molecule has 4 N–H and O–H groups in total. The number of anilines is 2. The van der Waals surface area contributed by atoms with Gasteiger partial charge in [0.2, 0.25) is 0 Å². The zero-order chi connectivity index (χ0) is 15.7. The van der Waals surface area contributed by atoms with E-state index in [0.717, 1.165) is 45.2 Å². The number of hydrogen-bond donors (Lipinski definition) is 3. The van der Waals surface area contributed by atoms with Crippen molar-refractivity contribution in [2.24, 2.45) is 5.41 Å². The van der Waals surface area contributed by atoms with E-state index < -0.39 is 0 Å². The van der Waals surface area contributed by atoms with E-state index in [-0.39, 0.29) is 12.4 Å². The lowest BCUT2D eigenvalue weighted by Crippen LogP contribution is -2.41. The molecule has 120 valence electrons. The molecule has 2 aliphatic rings. The topological polar surface area (TPSA) is 108 Å². The molecule has 7 heteroatoms. The van der Waals surface area contributed by atoms with Crippen LogP contribution in [-0.2, 0) is 11.3 Å². The number of nitrogen functional groups attached to an aromatic ring is 1. The van der Waals surface area contributed by atoms with Crippen LogP contribution in [0, 0.1) is 10.8 Å². The van der Waals surface area contributed by atoms with E-state index in [9.17, 15) is 5.11 Å². The second kappa shape index (κ2) is 5.81. The molecule has 0 saturated carbocycles. The molecule has 0 bridgehead atoms. The Morgan fingerprint density at radius 2 is 2.18 bits per heavy atom. The van der Waals surface area contributed by atoms with Gasteiger partial charge in [0.15, 0.2) is 11.6 Å². The quantitative estimate of drug-likeness (QED) is 0.717. The summed E-state index contributed by atoms with van der Waals surface area (Å²) >= 11 is 0. The Morgan fingerprint density at radius 1 is 1.45 bits per heavy atom. The van der Waals surface area contributed by atoms with Crippen LogP contribution in [0.1, 0.15) is 37.6 Å². The molecule has 3 rings (SSSR count). The fourth-order valence-corrected chi connectivity index (χ4v) is 3.54. The van der Waals surface area contributed by atoms with E-state index in [1.54, 1.807) is 0 Å². The number of ether oxygens (including phenoxy) is 1. The Labute approximate surface area is 130 Å². The van der Waals surface area contributed by atoms with E-state index in [4.69, 9.17) is 15.9 Å². The molecule has 2 saturated heterocycles. The third-order valence-electron chi connectivity index (χ3n) is 4.81. The fourth-order valence-electron chi connectivity index (χ4n) is 3.54. The summed E-state index contributed by atoms with van der Waals surface area (Å²) in [6.07, 6.45) is 4.67. The average molecular weight is 305 g/mol. The highest BCUT2D eigenvalue weighted by Gasteiger charge is 2.41. The highest BCUT2D eigenvalue weighted by molar-refractivity contribution is 5.81. The van der Waals surface area contributed by atoms with Gasteiger partial charge in [0.1, 0.15) is 11.4 Å². The van der Waals surface area contributed by atoms with Gasteiger partial charge in [0.05, 0.1) is 19.3 Å². The van der Waals surface area contributed by atoms with Crippen molar-refractivity contribution in [2.75, 3.05) is 30.3 Å². The number of nitrogens with one attached hydrogen (secondary N) is 1. The van der Waals surface area contributed by atoms with Crippen molar-refractivity contribution in [1.82, 2.24) is 9.97 Å². The first-order valence-corrected chi connectivity index (χ1v) is 7.71. The van der Waals surface area contributed by atoms with Gasteiger partial charge < -0.3 is 25.9 Å². The van der Waals surface area contributed by atoms with Crippen LogP contribution in [-0.4, -0.2) is 47.1 Å². The monoisotopic (exact) mass is 305 g/mol. The summed E-state index contributed by atoms with van der Waals surface area (Å²) in [5.74, 6) is 0.839. The fraction of sp³-hybridized carbons (Fsp3) is 0.667. The third kappa shape index (κ3) is 2.66. The number of piperidine rings is 1. The number of aliphatic hydroxyl groups is 1. The van der Waals surface area contributed by atoms with Crippen molar-refractivity contribution in [3.05, 3.63) is 11.4 Å². The van der Waals surface area contributed by atoms with Crippen LogP contribution in [0.3, 0.4) is 0 Å². The number of hydrogen-bond acceptors (Lipinski definition) is 7. The van der Waals surface area contributed by atoms with Crippen LogP contribution in [0.15, 0.2) is 0 Å². The Balaban J connectivity index is 1.80. The number of nitrogens with two attached hydrogens (primary N) is 1. The SMILES string of the molecule is C[C@H]1CC2(CCN(c3nc(C=N)c(N)nc3CO)CC2)CO1. The molecule has 1 aromatic rings. The first-order chi connectivity index (χ1) is 10.6. The van der Waals surface area contributed by atoms with Crippen LogP contribution in [0.2, 0.25) is 0 Å². The minimum absolute atomic E-state index is 0.189. The first-order valence-electron chi connectivity index (χ1n) is 7.71. The van der Waals surface area contributed by atoms with Gasteiger partial charge in [-0.15, -0.1) is 0 Å². The Morgan fingerprint density at radius 3 is 2.73 bits per heavy atom. The minimum atomic E-state index is -0.202. The van der Waals surface area contributed by atoms with Crippen molar-refractivity contribution >= 4 is 17.9 Å². The molecule has 0 amide bonds. The zero-order valence-corrected chi connectivity index (χ0v) is 12.9. The van der Waals surface area contributed by atoms with Crippen molar-refractivity contribution < 1.29 is 9.84 Å². The van der Waals surface area contributed by atoms with E-state index in [1.807, 2.05) is 0 Å². The molecular formula is C15H23N5O2. The normalized spacial score (nSPS) is 23.9. The molecule has 0 radical (unpaired) electrons. The van der Waals surface area contributed by atoms with Gasteiger partial charge in [0, 0.05) is 19.3 Å². The summed E-state index contributed by atoms with van der Waals surface area (Å²) < 4.78 is 5.75. The molecule has 1 spiro atoms. The maximum atomic E-state index is 9.52. The molecule has 3 heterocycles. The lowest BCUT2D eigenvalue weighted by atomic mass is 9.77. The van der Waals surface area contributed by atoms with Gasteiger partial charge in [0.25, 0.3) is 0 Å². The van der Waals surface area contributed by atoms with Gasteiger partial charge in [-0.2, -0.15) is 0 Å². The number of aliphatic hydroxyl groups excluding tert-OH is 1. The van der Waals surface area contributed by atoms with E-state index in [0.29, 0.717) is 28.7 Å². The summed E-state index contributed by atoms with van der Waals surface area (Å²) in [6.45, 7) is 4.49. The predicted octanol–water partition coefficient (Wildman–Crippen LogP) is 0.944. The molecule has 1 atom stereocenters. The standard InChI is InChI=1S/C15H23N5O2/c1-10-6-15(9-22-10)2-4-20(5-3-15)14-12(8-21)18-13(17)11(7-16)19-14/h7,10,16,21H,2-6,8-9H2,1H3,(H2,17,18)/t10-/m0/s1. The Kier molecular flexibility index (Phi) is 4.01. The average Bonchev–Trinajstić information content (AvgIpc) is 2.88. The Bertz CT molecular complexity index is 569. The maximum absolute atomic E-state index is 9.52. The molecule has 2 fully saturated rings. The van der Waals surface area contributed by atoms with Gasteiger partial charge in [-0.25, -0.2) is 9.97 Å². The van der Waals surface area contributed by atoms with E-state index >= 15 is 0 Å². The molecule has 22 heavy (non-hydrogen) atoms. The molecular weight excluding hydrogens is 282 g/mol. The number of aromatic nitrogens is 2. The summed E-state index contributed by atoms with van der Waals surface area (Å²) in [6, 6.07) is 0. The van der Waals surface area contributed by atoms with Crippen molar-refractivity contribution in [3.63, 3.8) is 0 Å². The zero-order valence-electron chi connectivity index (χ0n) is 12.9. The van der Waals surface area contributed by atoms with Crippen molar-refractivity contribution in [1.29, 1.82) is 5.41 Å². The Hall–Kier alpha value is -1.73. The second-order valence-corrected chi connectivity index (χ2v) is 6.38. The van der Waals surface area contributed by atoms with Crippen LogP contribution < -0.4 is 10.6 Å². The van der Waals surface area contributed by atoms with Crippen LogP contribution in [0.4, 0.5) is 11.6 Å². The lowest BCUT2D eigenvalue weighted by molar-refractivity contribution is 0.0975. The van der Waals surface area contributed by atoms with Crippen LogP contribution in [0.25, 0.3) is 0 Å². The van der Waals surface area contributed by atoms with Gasteiger partial charge in [-0.3, -0.25) is 0 Å². The minimum Gasteiger partial charge on any atom is -0.390 e. The van der Waals surface area contributed by atoms with Crippen molar-refractivity contribution in [3.8, 4) is 0 Å². The summed E-state index contributed by atoms with van der Waals surface area (Å²) in [4.78, 5) is 10.7. The first kappa shape index (κ1) is 15.2. The summed E-state index contributed by atoms with van der Waals surface area (Å²) in [5, 5.41) is 16.9. The van der Waals surface area contributed by atoms with Gasteiger partial charge in [-0.05, 0) is 31.6 Å². The summed E-state index contributed by atoms with van der Waals surface area (Å²) in [5.41, 5.74) is 6.87. The second-order valence-electron chi connectivity index (χ2n) is 6.38. The van der Waals surface area contributed by atoms with Gasteiger partial charge in [-0.1, -0.05) is 0 Å². The summed E-state index contributed by atoms with van der Waals surface area (Å²) in [7, 11) is 0. The molecule has 2 aliphatic heterocycles. The molecule has 0 unspecified atom stereocenters. The largest absolute Gasteiger partial charge is 0.390 e. The van der Waals surface area contributed by atoms with Crippen LogP contribution in [0.5, 0.6) is 0 Å². The van der Waals surface area contributed by atoms with Crippen LogP contribution >= 0.6 is 0 Å². The van der Waals surface area contributed by atoms with Crippen molar-refractivity contribution in [2.45, 2.75) is 38.9 Å². The molecule has 7 nitrogen and oxygen atoms in total. The third-order valence-corrected chi connectivity index (χ3v) is 4.81. The van der Waals surface area contributed by atoms with E-state index in [1.165, 1.54) is 0 Å². The van der Waals surface area contributed by atoms with Gasteiger partial charge >= 0.3 is 0 Å². The lowest BCUT2D eigenvalue weighted by Gasteiger charge is -2.39. The highest BCUT2D eigenvalue weighted by Crippen LogP contribution is 2.42. The predicted molar refractivity (Wildman–Crippen MR) is 84.2 cm³/mol. The molecule has 0 aromatic carbocycles. The maximum Gasteiger partial charge on any atom is 0.153 e. The number of rotatable bonds is 3. The molecule has 0 aliphatic carbocycles. The number of nitrogens with zero attached hydrogens (tertiary/aromatic N) is 3. The van der Waals surface area contributed by atoms with E-state index in [2.05, 4.69) is 21.8 Å².